The van der Waals surface area contributed by atoms with Gasteiger partial charge in [0.05, 0.1) is 12.7 Å². The third-order valence-corrected chi connectivity index (χ3v) is 3.53. The van der Waals surface area contributed by atoms with Crippen molar-refractivity contribution < 1.29 is 14.2 Å². The molecule has 0 aromatic heterocycles. The molecule has 0 bridgehead atoms. The van der Waals surface area contributed by atoms with Crippen LogP contribution in [0.3, 0.4) is 0 Å². The summed E-state index contributed by atoms with van der Waals surface area (Å²) in [5, 5.41) is 10.0. The third kappa shape index (κ3) is 4.76. The van der Waals surface area contributed by atoms with Crippen LogP contribution in [0.2, 0.25) is 0 Å². The summed E-state index contributed by atoms with van der Waals surface area (Å²) in [5.74, 6) is 0.396. The molecule has 1 rings (SSSR count). The number of aliphatic hydroxyl groups excluding tert-OH is 1. The number of benzene rings is 1. The van der Waals surface area contributed by atoms with Gasteiger partial charge in [0.1, 0.15) is 11.6 Å². The average Bonchev–Trinajstić information content (AvgIpc) is 2.44. The van der Waals surface area contributed by atoms with Gasteiger partial charge in [-0.1, -0.05) is 20.8 Å². The van der Waals surface area contributed by atoms with Crippen molar-refractivity contribution >= 4 is 0 Å². The Morgan fingerprint density at radius 3 is 2.65 bits per heavy atom. The zero-order chi connectivity index (χ0) is 15.1. The Balaban J connectivity index is 2.84. The number of hydrogen-bond acceptors (Lipinski definition) is 3. The van der Waals surface area contributed by atoms with E-state index in [1.54, 1.807) is 6.07 Å². The fraction of sp³-hybridized carbons (Fsp3) is 0.625. The summed E-state index contributed by atoms with van der Waals surface area (Å²) in [6.45, 7) is 6.52. The minimum atomic E-state index is -0.586. The first-order valence-electron chi connectivity index (χ1n) is 7.35. The van der Waals surface area contributed by atoms with E-state index >= 15 is 0 Å². The van der Waals surface area contributed by atoms with Crippen molar-refractivity contribution in [2.45, 2.75) is 58.1 Å². The monoisotopic (exact) mass is 283 g/mol. The van der Waals surface area contributed by atoms with E-state index in [0.717, 1.165) is 18.4 Å². The van der Waals surface area contributed by atoms with Crippen LogP contribution >= 0.6 is 0 Å². The molecule has 0 aliphatic carbocycles. The van der Waals surface area contributed by atoms with Crippen LogP contribution < -0.4 is 10.5 Å². The molecule has 3 N–H and O–H groups in total. The molecule has 3 unspecified atom stereocenters. The molecule has 0 amide bonds. The van der Waals surface area contributed by atoms with Gasteiger partial charge >= 0.3 is 0 Å². The molecule has 0 spiro atoms. The van der Waals surface area contributed by atoms with Gasteiger partial charge in [-0.3, -0.25) is 0 Å². The van der Waals surface area contributed by atoms with Crippen molar-refractivity contribution in [3.8, 4) is 5.75 Å². The smallest absolute Gasteiger partial charge is 0.123 e. The largest absolute Gasteiger partial charge is 0.493 e. The second kappa shape index (κ2) is 8.22. The summed E-state index contributed by atoms with van der Waals surface area (Å²) in [4.78, 5) is 0. The highest BCUT2D eigenvalue weighted by Crippen LogP contribution is 2.31. The van der Waals surface area contributed by atoms with Crippen molar-refractivity contribution in [1.82, 2.24) is 0 Å². The summed E-state index contributed by atoms with van der Waals surface area (Å²) in [6, 6.07) is 4.30. The van der Waals surface area contributed by atoms with E-state index in [1.807, 2.05) is 20.8 Å². The quantitative estimate of drug-likeness (QED) is 0.770. The number of rotatable bonds is 8. The molecule has 0 fully saturated rings. The van der Waals surface area contributed by atoms with Crippen LogP contribution in [0.1, 0.15) is 51.5 Å². The Bertz CT molecular complexity index is 411. The van der Waals surface area contributed by atoms with Crippen LogP contribution in [0, 0.1) is 5.82 Å². The molecule has 0 radical (unpaired) electrons. The Kier molecular flexibility index (Phi) is 6.96. The lowest BCUT2D eigenvalue weighted by Gasteiger charge is -2.23. The van der Waals surface area contributed by atoms with Gasteiger partial charge < -0.3 is 15.6 Å². The topological polar surface area (TPSA) is 55.5 Å². The Morgan fingerprint density at radius 2 is 2.05 bits per heavy atom. The first-order valence-corrected chi connectivity index (χ1v) is 7.35. The van der Waals surface area contributed by atoms with Gasteiger partial charge in [-0.2, -0.15) is 0 Å². The van der Waals surface area contributed by atoms with Crippen LogP contribution in [0.25, 0.3) is 0 Å². The molecule has 0 aliphatic heterocycles. The van der Waals surface area contributed by atoms with Crippen LogP contribution in [0.4, 0.5) is 4.39 Å². The van der Waals surface area contributed by atoms with Crippen molar-refractivity contribution in [2.75, 3.05) is 6.61 Å². The molecule has 0 heterocycles. The summed E-state index contributed by atoms with van der Waals surface area (Å²) in [5.41, 5.74) is 6.63. The number of nitrogens with two attached hydrogens (primary N) is 1. The van der Waals surface area contributed by atoms with Crippen molar-refractivity contribution in [2.24, 2.45) is 5.73 Å². The van der Waals surface area contributed by atoms with Gasteiger partial charge in [-0.25, -0.2) is 4.39 Å². The highest BCUT2D eigenvalue weighted by Gasteiger charge is 2.20. The number of hydrogen-bond donors (Lipinski definition) is 2. The number of ether oxygens (including phenoxy) is 1. The van der Waals surface area contributed by atoms with Crippen molar-refractivity contribution in [3.63, 3.8) is 0 Å². The van der Waals surface area contributed by atoms with E-state index in [1.165, 1.54) is 12.1 Å². The minimum Gasteiger partial charge on any atom is -0.493 e. The average molecular weight is 283 g/mol. The van der Waals surface area contributed by atoms with E-state index in [4.69, 9.17) is 10.5 Å². The molecular formula is C16H26FNO2. The maximum Gasteiger partial charge on any atom is 0.123 e. The zero-order valence-electron chi connectivity index (χ0n) is 12.6. The van der Waals surface area contributed by atoms with Crippen molar-refractivity contribution in [1.29, 1.82) is 0 Å². The molecule has 0 aliphatic rings. The summed E-state index contributed by atoms with van der Waals surface area (Å²) < 4.78 is 19.1. The van der Waals surface area contributed by atoms with Gasteiger partial charge in [-0.15, -0.1) is 0 Å². The van der Waals surface area contributed by atoms with Gasteiger partial charge in [0.15, 0.2) is 0 Å². The molecule has 3 nitrogen and oxygen atoms in total. The normalized spacial score (nSPS) is 15.7. The van der Waals surface area contributed by atoms with Gasteiger partial charge in [-0.05, 0) is 48.9 Å². The van der Waals surface area contributed by atoms with E-state index in [-0.39, 0.29) is 17.8 Å². The molecule has 4 heteroatoms. The molecular weight excluding hydrogens is 257 g/mol. The van der Waals surface area contributed by atoms with E-state index in [2.05, 4.69) is 0 Å². The van der Waals surface area contributed by atoms with Gasteiger partial charge in [0.2, 0.25) is 0 Å². The molecule has 1 aromatic carbocycles. The van der Waals surface area contributed by atoms with Crippen LogP contribution in [-0.2, 0) is 0 Å². The van der Waals surface area contributed by atoms with E-state index in [0.29, 0.717) is 18.8 Å². The second-order valence-corrected chi connectivity index (χ2v) is 5.31. The lowest BCUT2D eigenvalue weighted by atomic mass is 9.91. The number of halogens is 1. The van der Waals surface area contributed by atoms with Crippen LogP contribution in [0.15, 0.2) is 18.2 Å². The molecule has 114 valence electrons. The minimum absolute atomic E-state index is 0.00911. The van der Waals surface area contributed by atoms with Crippen LogP contribution in [0.5, 0.6) is 5.75 Å². The maximum atomic E-state index is 13.4. The highest BCUT2D eigenvalue weighted by molar-refractivity contribution is 5.36. The first kappa shape index (κ1) is 16.9. The summed E-state index contributed by atoms with van der Waals surface area (Å²) in [6.07, 6.45) is 1.53. The molecule has 3 atom stereocenters. The lowest BCUT2D eigenvalue weighted by molar-refractivity contribution is 0.126. The number of aliphatic hydroxyl groups is 1. The maximum absolute atomic E-state index is 13.4. The molecule has 20 heavy (non-hydrogen) atoms. The lowest BCUT2D eigenvalue weighted by Crippen LogP contribution is -2.34. The Labute approximate surface area is 120 Å². The standard InChI is InChI=1S/C16H26FNO2/c1-4-8-20-16-7-6-12(17)10-13(16)11(3)9-15(19)14(18)5-2/h6-7,10-11,14-15,19H,4-5,8-9,18H2,1-3H3. The predicted molar refractivity (Wildman–Crippen MR) is 79.5 cm³/mol. The van der Waals surface area contributed by atoms with Crippen molar-refractivity contribution in [3.05, 3.63) is 29.6 Å². The second-order valence-electron chi connectivity index (χ2n) is 5.31. The molecule has 0 saturated carbocycles. The Morgan fingerprint density at radius 1 is 1.35 bits per heavy atom. The predicted octanol–water partition coefficient (Wildman–Crippen LogP) is 3.21. The van der Waals surface area contributed by atoms with E-state index < -0.39 is 6.10 Å². The van der Waals surface area contributed by atoms with Gasteiger partial charge in [0.25, 0.3) is 0 Å². The highest BCUT2D eigenvalue weighted by atomic mass is 19.1. The molecule has 0 saturated heterocycles. The SMILES string of the molecule is CCCOc1ccc(F)cc1C(C)CC(O)C(N)CC. The first-order chi connectivity index (χ1) is 9.49. The molecule has 1 aromatic rings. The van der Waals surface area contributed by atoms with Crippen LogP contribution in [-0.4, -0.2) is 23.9 Å². The Hall–Kier alpha value is -1.13. The zero-order valence-corrected chi connectivity index (χ0v) is 12.6. The van der Waals surface area contributed by atoms with E-state index in [9.17, 15) is 9.50 Å². The van der Waals surface area contributed by atoms with Gasteiger partial charge in [0, 0.05) is 6.04 Å². The summed E-state index contributed by atoms with van der Waals surface area (Å²) in [7, 11) is 0. The fourth-order valence-electron chi connectivity index (χ4n) is 2.18. The third-order valence-electron chi connectivity index (χ3n) is 3.53. The summed E-state index contributed by atoms with van der Waals surface area (Å²) >= 11 is 0. The fourth-order valence-corrected chi connectivity index (χ4v) is 2.18.